The quantitative estimate of drug-likeness (QED) is 0.925. The smallest absolute Gasteiger partial charge is 0.257 e. The van der Waals surface area contributed by atoms with Gasteiger partial charge in [0.05, 0.1) is 11.3 Å². The van der Waals surface area contributed by atoms with Crippen molar-refractivity contribution < 1.29 is 22.8 Å². The highest BCUT2D eigenvalue weighted by molar-refractivity contribution is 6.01. The molecular weight excluding hydrogens is 333 g/mol. The molecule has 0 saturated carbocycles. The van der Waals surface area contributed by atoms with Gasteiger partial charge in [-0.15, -0.1) is 0 Å². The molecule has 0 bridgehead atoms. The van der Waals surface area contributed by atoms with Crippen LogP contribution in [0.2, 0.25) is 0 Å². The molecule has 1 heterocycles. The van der Waals surface area contributed by atoms with E-state index in [1.807, 2.05) is 0 Å². The number of nitrogens with one attached hydrogen (secondary N) is 1. The summed E-state index contributed by atoms with van der Waals surface area (Å²) in [5.41, 5.74) is -0.422. The van der Waals surface area contributed by atoms with Gasteiger partial charge in [0.15, 0.2) is 0 Å². The Hall–Kier alpha value is -2.83. The molecule has 1 fully saturated rings. The Kier molecular flexibility index (Phi) is 4.74. The second-order valence-corrected chi connectivity index (χ2v) is 5.75. The van der Waals surface area contributed by atoms with E-state index in [0.29, 0.717) is 12.8 Å². The lowest BCUT2D eigenvalue weighted by molar-refractivity contribution is -0.119. The summed E-state index contributed by atoms with van der Waals surface area (Å²) >= 11 is 0. The van der Waals surface area contributed by atoms with Crippen LogP contribution < -0.4 is 5.32 Å². The second kappa shape index (κ2) is 6.96. The maximum atomic E-state index is 13.8. The number of hydrogen-bond donors (Lipinski definition) is 1. The van der Waals surface area contributed by atoms with E-state index in [1.54, 1.807) is 0 Å². The average Bonchev–Trinajstić information content (AvgIpc) is 3.08. The number of carbonyl (C=O) groups is 2. The molecule has 1 atom stereocenters. The zero-order valence-corrected chi connectivity index (χ0v) is 13.1. The largest absolute Gasteiger partial charge is 0.327 e. The van der Waals surface area contributed by atoms with Crippen LogP contribution in [0.1, 0.15) is 23.2 Å². The van der Waals surface area contributed by atoms with Gasteiger partial charge in [0.1, 0.15) is 23.5 Å². The maximum absolute atomic E-state index is 13.8. The summed E-state index contributed by atoms with van der Waals surface area (Å²) < 4.78 is 40.7. The molecule has 7 heteroatoms. The number of benzene rings is 2. The normalized spacial score (nSPS) is 16.8. The number of rotatable bonds is 3. The van der Waals surface area contributed by atoms with Crippen LogP contribution in [0.5, 0.6) is 0 Å². The molecule has 25 heavy (non-hydrogen) atoms. The van der Waals surface area contributed by atoms with Crippen LogP contribution in [0.15, 0.2) is 42.5 Å². The van der Waals surface area contributed by atoms with E-state index in [4.69, 9.17) is 0 Å². The van der Waals surface area contributed by atoms with Crippen LogP contribution in [-0.2, 0) is 4.79 Å². The van der Waals surface area contributed by atoms with Gasteiger partial charge in [0.2, 0.25) is 5.91 Å². The summed E-state index contributed by atoms with van der Waals surface area (Å²) in [6.07, 6.45) is 0.923. The fourth-order valence-electron chi connectivity index (χ4n) is 2.88. The molecule has 2 aromatic carbocycles. The van der Waals surface area contributed by atoms with Crippen molar-refractivity contribution in [2.45, 2.75) is 18.9 Å². The first-order valence-electron chi connectivity index (χ1n) is 7.79. The van der Waals surface area contributed by atoms with Crippen LogP contribution in [0.25, 0.3) is 0 Å². The lowest BCUT2D eigenvalue weighted by atomic mass is 10.1. The third-order valence-electron chi connectivity index (χ3n) is 4.11. The SMILES string of the molecule is O=C(Nc1cc(F)ccc1F)C1CCCN1C(=O)c1ccccc1F. The number of hydrogen-bond acceptors (Lipinski definition) is 2. The maximum Gasteiger partial charge on any atom is 0.257 e. The number of nitrogens with zero attached hydrogens (tertiary/aromatic N) is 1. The molecular formula is C18H15F3N2O2. The topological polar surface area (TPSA) is 49.4 Å². The summed E-state index contributed by atoms with van der Waals surface area (Å²) in [5.74, 6) is -3.38. The third-order valence-corrected chi connectivity index (χ3v) is 4.11. The summed E-state index contributed by atoms with van der Waals surface area (Å²) in [7, 11) is 0. The second-order valence-electron chi connectivity index (χ2n) is 5.75. The Labute approximate surface area is 142 Å². The number of likely N-dealkylation sites (tertiary alicyclic amines) is 1. The average molecular weight is 348 g/mol. The Balaban J connectivity index is 1.79. The van der Waals surface area contributed by atoms with Crippen molar-refractivity contribution in [1.82, 2.24) is 4.90 Å². The molecule has 1 unspecified atom stereocenters. The van der Waals surface area contributed by atoms with Crippen molar-refractivity contribution >= 4 is 17.5 Å². The van der Waals surface area contributed by atoms with Gasteiger partial charge in [-0.25, -0.2) is 13.2 Å². The van der Waals surface area contributed by atoms with Crippen LogP contribution in [0, 0.1) is 17.5 Å². The number of anilines is 1. The molecule has 1 N–H and O–H groups in total. The van der Waals surface area contributed by atoms with Gasteiger partial charge in [-0.2, -0.15) is 0 Å². The standard InChI is InChI=1S/C18H15F3N2O2/c19-11-7-8-14(21)15(10-11)22-17(24)16-6-3-9-23(16)18(25)12-4-1-2-5-13(12)20/h1-2,4-5,7-8,10,16H,3,6,9H2,(H,22,24). The molecule has 2 aromatic rings. The molecule has 3 rings (SSSR count). The Morgan fingerprint density at radius 3 is 2.56 bits per heavy atom. The van der Waals surface area contributed by atoms with Gasteiger partial charge in [-0.3, -0.25) is 9.59 Å². The van der Waals surface area contributed by atoms with Crippen molar-refractivity contribution in [3.8, 4) is 0 Å². The molecule has 4 nitrogen and oxygen atoms in total. The summed E-state index contributed by atoms with van der Waals surface area (Å²) in [6, 6.07) is 7.35. The number of carbonyl (C=O) groups excluding carboxylic acids is 2. The van der Waals surface area contributed by atoms with Crippen molar-refractivity contribution in [3.63, 3.8) is 0 Å². The van der Waals surface area contributed by atoms with Crippen LogP contribution in [-0.4, -0.2) is 29.3 Å². The predicted octanol–water partition coefficient (Wildman–Crippen LogP) is 3.35. The zero-order valence-electron chi connectivity index (χ0n) is 13.1. The van der Waals surface area contributed by atoms with E-state index in [2.05, 4.69) is 5.32 Å². The molecule has 130 valence electrons. The first-order chi connectivity index (χ1) is 12.0. The van der Waals surface area contributed by atoms with Crippen LogP contribution in [0.3, 0.4) is 0 Å². The minimum atomic E-state index is -0.866. The minimum absolute atomic E-state index is 0.126. The zero-order chi connectivity index (χ0) is 18.0. The molecule has 1 saturated heterocycles. The molecule has 0 aromatic heterocycles. The Bertz CT molecular complexity index is 826. The first-order valence-corrected chi connectivity index (χ1v) is 7.79. The Morgan fingerprint density at radius 2 is 1.80 bits per heavy atom. The van der Waals surface area contributed by atoms with Crippen LogP contribution in [0.4, 0.5) is 18.9 Å². The third kappa shape index (κ3) is 3.50. The predicted molar refractivity (Wildman–Crippen MR) is 85.4 cm³/mol. The van der Waals surface area contributed by atoms with E-state index in [9.17, 15) is 22.8 Å². The molecule has 0 radical (unpaired) electrons. The molecule has 0 spiro atoms. The lowest BCUT2D eigenvalue weighted by Crippen LogP contribution is -2.43. The molecule has 1 aliphatic heterocycles. The van der Waals surface area contributed by atoms with Gasteiger partial charge in [-0.05, 0) is 37.1 Å². The lowest BCUT2D eigenvalue weighted by Gasteiger charge is -2.24. The van der Waals surface area contributed by atoms with E-state index in [0.717, 1.165) is 18.2 Å². The van der Waals surface area contributed by atoms with E-state index < -0.39 is 35.3 Å². The Morgan fingerprint density at radius 1 is 1.04 bits per heavy atom. The van der Waals surface area contributed by atoms with E-state index in [-0.39, 0.29) is 17.8 Å². The number of amides is 2. The van der Waals surface area contributed by atoms with Gasteiger partial charge in [0, 0.05) is 12.6 Å². The first kappa shape index (κ1) is 17.0. The van der Waals surface area contributed by atoms with Crippen molar-refractivity contribution in [1.29, 1.82) is 0 Å². The molecule has 0 aliphatic carbocycles. The van der Waals surface area contributed by atoms with Crippen LogP contribution >= 0.6 is 0 Å². The summed E-state index contributed by atoms with van der Waals surface area (Å²) in [5, 5.41) is 2.30. The highest BCUT2D eigenvalue weighted by Crippen LogP contribution is 2.23. The highest BCUT2D eigenvalue weighted by atomic mass is 19.1. The van der Waals surface area contributed by atoms with E-state index >= 15 is 0 Å². The highest BCUT2D eigenvalue weighted by Gasteiger charge is 2.35. The van der Waals surface area contributed by atoms with Gasteiger partial charge < -0.3 is 10.2 Å². The number of halogens is 3. The van der Waals surface area contributed by atoms with Crippen molar-refractivity contribution in [2.75, 3.05) is 11.9 Å². The molecule has 1 aliphatic rings. The van der Waals surface area contributed by atoms with E-state index in [1.165, 1.54) is 29.2 Å². The fraction of sp³-hybridized carbons (Fsp3) is 0.222. The van der Waals surface area contributed by atoms with Gasteiger partial charge in [0.25, 0.3) is 5.91 Å². The molecule has 2 amide bonds. The summed E-state index contributed by atoms with van der Waals surface area (Å²) in [6.45, 7) is 0.289. The summed E-state index contributed by atoms with van der Waals surface area (Å²) in [4.78, 5) is 26.2. The van der Waals surface area contributed by atoms with Gasteiger partial charge >= 0.3 is 0 Å². The fourth-order valence-corrected chi connectivity index (χ4v) is 2.88. The monoisotopic (exact) mass is 348 g/mol. The van der Waals surface area contributed by atoms with Gasteiger partial charge in [-0.1, -0.05) is 12.1 Å². The van der Waals surface area contributed by atoms with Crippen molar-refractivity contribution in [2.24, 2.45) is 0 Å². The minimum Gasteiger partial charge on any atom is -0.327 e. The van der Waals surface area contributed by atoms with Crippen molar-refractivity contribution in [3.05, 3.63) is 65.5 Å².